The first kappa shape index (κ1) is 22.3. The van der Waals surface area contributed by atoms with Crippen molar-refractivity contribution in [1.82, 2.24) is 19.7 Å². The minimum absolute atomic E-state index is 0.165. The van der Waals surface area contributed by atoms with Gasteiger partial charge in [-0.15, -0.1) is 11.3 Å². The standard InChI is InChI=1S/C27H29N5OS/c1-19-9-11-22(12-10-19)25-18-34-27(28-25)32-21(3)24(20(2)29-32)17-26(33)31-15-13-30(14-16-31)23-7-5-4-6-8-23/h4-12,18H,13-17H2,1-3H3. The fourth-order valence-corrected chi connectivity index (χ4v) is 5.29. The van der Waals surface area contributed by atoms with Gasteiger partial charge in [-0.2, -0.15) is 5.10 Å². The molecular weight excluding hydrogens is 442 g/mol. The van der Waals surface area contributed by atoms with Crippen molar-refractivity contribution in [2.75, 3.05) is 31.1 Å². The molecule has 4 aromatic rings. The summed E-state index contributed by atoms with van der Waals surface area (Å²) in [5, 5.41) is 7.63. The number of aryl methyl sites for hydroxylation is 2. The summed E-state index contributed by atoms with van der Waals surface area (Å²) in [6, 6.07) is 18.8. The van der Waals surface area contributed by atoms with E-state index in [1.807, 2.05) is 29.5 Å². The molecule has 0 unspecified atom stereocenters. The van der Waals surface area contributed by atoms with Crippen molar-refractivity contribution in [3.8, 4) is 16.4 Å². The van der Waals surface area contributed by atoms with Crippen LogP contribution in [0.25, 0.3) is 16.4 Å². The van der Waals surface area contributed by atoms with Crippen molar-refractivity contribution in [3.63, 3.8) is 0 Å². The van der Waals surface area contributed by atoms with Gasteiger partial charge in [0.2, 0.25) is 11.0 Å². The second-order valence-electron chi connectivity index (χ2n) is 8.82. The zero-order chi connectivity index (χ0) is 23.7. The number of carbonyl (C=O) groups is 1. The number of carbonyl (C=O) groups excluding carboxylic acids is 1. The molecule has 3 heterocycles. The Balaban J connectivity index is 1.27. The third-order valence-corrected chi connectivity index (χ3v) is 7.36. The normalized spacial score (nSPS) is 14.0. The van der Waals surface area contributed by atoms with Crippen LogP contribution >= 0.6 is 11.3 Å². The van der Waals surface area contributed by atoms with Crippen LogP contribution in [-0.2, 0) is 11.2 Å². The summed E-state index contributed by atoms with van der Waals surface area (Å²) >= 11 is 1.57. The number of hydrogen-bond donors (Lipinski definition) is 0. The summed E-state index contributed by atoms with van der Waals surface area (Å²) in [6.45, 7) is 9.29. The lowest BCUT2D eigenvalue weighted by Gasteiger charge is -2.36. The topological polar surface area (TPSA) is 54.3 Å². The molecular formula is C27H29N5OS. The number of aromatic nitrogens is 3. The number of para-hydroxylation sites is 1. The number of amides is 1. The van der Waals surface area contributed by atoms with E-state index >= 15 is 0 Å². The van der Waals surface area contributed by atoms with E-state index in [4.69, 9.17) is 10.1 Å². The SMILES string of the molecule is Cc1ccc(-c2csc(-n3nc(C)c(CC(=O)N4CCN(c5ccccc5)CC4)c3C)n2)cc1. The third kappa shape index (κ3) is 4.48. The quantitative estimate of drug-likeness (QED) is 0.419. The molecule has 1 aliphatic rings. The van der Waals surface area contributed by atoms with Gasteiger partial charge >= 0.3 is 0 Å². The summed E-state index contributed by atoms with van der Waals surface area (Å²) < 4.78 is 1.88. The average molecular weight is 472 g/mol. The van der Waals surface area contributed by atoms with E-state index in [0.717, 1.165) is 59.5 Å². The third-order valence-electron chi connectivity index (χ3n) is 6.54. The van der Waals surface area contributed by atoms with Crippen LogP contribution < -0.4 is 4.90 Å². The Morgan fingerprint density at radius 3 is 2.35 bits per heavy atom. The van der Waals surface area contributed by atoms with Crippen molar-refractivity contribution in [2.24, 2.45) is 0 Å². The Bertz CT molecular complexity index is 1280. The monoisotopic (exact) mass is 471 g/mol. The summed E-state index contributed by atoms with van der Waals surface area (Å²) in [5.41, 5.74) is 7.37. The van der Waals surface area contributed by atoms with Crippen LogP contribution in [0.15, 0.2) is 60.0 Å². The molecule has 2 aromatic heterocycles. The van der Waals surface area contributed by atoms with Gasteiger partial charge in [0.05, 0.1) is 17.8 Å². The molecule has 0 atom stereocenters. The van der Waals surface area contributed by atoms with Gasteiger partial charge in [0, 0.05) is 54.1 Å². The lowest BCUT2D eigenvalue weighted by molar-refractivity contribution is -0.130. The van der Waals surface area contributed by atoms with E-state index in [1.165, 1.54) is 11.3 Å². The molecule has 1 amide bonds. The number of anilines is 1. The van der Waals surface area contributed by atoms with Gasteiger partial charge in [0.1, 0.15) is 0 Å². The molecule has 1 saturated heterocycles. The zero-order valence-corrected chi connectivity index (χ0v) is 20.7. The van der Waals surface area contributed by atoms with Crippen molar-refractivity contribution in [1.29, 1.82) is 0 Å². The van der Waals surface area contributed by atoms with E-state index in [9.17, 15) is 4.79 Å². The Morgan fingerprint density at radius 2 is 1.65 bits per heavy atom. The molecule has 2 aromatic carbocycles. The Morgan fingerprint density at radius 1 is 0.941 bits per heavy atom. The summed E-state index contributed by atoms with van der Waals surface area (Å²) in [4.78, 5) is 22.3. The molecule has 0 aliphatic carbocycles. The fourth-order valence-electron chi connectivity index (χ4n) is 4.45. The van der Waals surface area contributed by atoms with Gasteiger partial charge in [0.15, 0.2) is 0 Å². The van der Waals surface area contributed by atoms with Gasteiger partial charge in [-0.05, 0) is 32.9 Å². The average Bonchev–Trinajstić information content (AvgIpc) is 3.46. The molecule has 34 heavy (non-hydrogen) atoms. The highest BCUT2D eigenvalue weighted by Crippen LogP contribution is 2.27. The van der Waals surface area contributed by atoms with E-state index in [2.05, 4.69) is 65.7 Å². The lowest BCUT2D eigenvalue weighted by Crippen LogP contribution is -2.49. The molecule has 5 rings (SSSR count). The van der Waals surface area contributed by atoms with Crippen LogP contribution in [0.4, 0.5) is 5.69 Å². The van der Waals surface area contributed by atoms with Crippen molar-refractivity contribution in [2.45, 2.75) is 27.2 Å². The number of nitrogens with zero attached hydrogens (tertiary/aromatic N) is 5. The van der Waals surface area contributed by atoms with E-state index in [-0.39, 0.29) is 5.91 Å². The van der Waals surface area contributed by atoms with Crippen LogP contribution in [0.5, 0.6) is 0 Å². The molecule has 1 fully saturated rings. The molecule has 0 radical (unpaired) electrons. The molecule has 1 aliphatic heterocycles. The number of benzene rings is 2. The maximum atomic E-state index is 13.1. The molecule has 0 N–H and O–H groups in total. The molecule has 0 spiro atoms. The van der Waals surface area contributed by atoms with Crippen LogP contribution in [-0.4, -0.2) is 51.8 Å². The van der Waals surface area contributed by atoms with Crippen molar-refractivity contribution >= 4 is 22.9 Å². The highest BCUT2D eigenvalue weighted by Gasteiger charge is 2.24. The van der Waals surface area contributed by atoms with Crippen LogP contribution in [0.1, 0.15) is 22.5 Å². The van der Waals surface area contributed by atoms with Gasteiger partial charge in [-0.1, -0.05) is 48.0 Å². The smallest absolute Gasteiger partial charge is 0.227 e. The van der Waals surface area contributed by atoms with Gasteiger partial charge in [-0.3, -0.25) is 4.79 Å². The largest absolute Gasteiger partial charge is 0.368 e. The van der Waals surface area contributed by atoms with Gasteiger partial charge in [-0.25, -0.2) is 9.67 Å². The zero-order valence-electron chi connectivity index (χ0n) is 19.9. The summed E-state index contributed by atoms with van der Waals surface area (Å²) in [5.74, 6) is 0.165. The fraction of sp³-hybridized carbons (Fsp3) is 0.296. The Kier molecular flexibility index (Phi) is 6.20. The van der Waals surface area contributed by atoms with E-state index in [0.29, 0.717) is 6.42 Å². The van der Waals surface area contributed by atoms with Gasteiger partial charge < -0.3 is 9.80 Å². The second kappa shape index (κ2) is 9.43. The summed E-state index contributed by atoms with van der Waals surface area (Å²) in [6.07, 6.45) is 0.374. The van der Waals surface area contributed by atoms with Crippen molar-refractivity contribution < 1.29 is 4.79 Å². The Labute approximate surface area is 204 Å². The first-order chi connectivity index (χ1) is 16.5. The minimum Gasteiger partial charge on any atom is -0.368 e. The highest BCUT2D eigenvalue weighted by atomic mass is 32.1. The number of rotatable bonds is 5. The molecule has 6 nitrogen and oxygen atoms in total. The maximum absolute atomic E-state index is 13.1. The van der Waals surface area contributed by atoms with E-state index < -0.39 is 0 Å². The number of thiazole rings is 1. The van der Waals surface area contributed by atoms with Crippen LogP contribution in [0.3, 0.4) is 0 Å². The molecule has 7 heteroatoms. The summed E-state index contributed by atoms with van der Waals surface area (Å²) in [7, 11) is 0. The minimum atomic E-state index is 0.165. The predicted octanol–water partition coefficient (Wildman–Crippen LogP) is 4.81. The Hall–Kier alpha value is -3.45. The van der Waals surface area contributed by atoms with E-state index in [1.54, 1.807) is 11.3 Å². The molecule has 0 bridgehead atoms. The van der Waals surface area contributed by atoms with Gasteiger partial charge in [0.25, 0.3) is 0 Å². The molecule has 174 valence electrons. The first-order valence-corrected chi connectivity index (χ1v) is 12.5. The van der Waals surface area contributed by atoms with Crippen LogP contribution in [0.2, 0.25) is 0 Å². The van der Waals surface area contributed by atoms with Crippen LogP contribution in [0, 0.1) is 20.8 Å². The number of piperazine rings is 1. The highest BCUT2D eigenvalue weighted by molar-refractivity contribution is 7.12. The first-order valence-electron chi connectivity index (χ1n) is 11.7. The predicted molar refractivity (Wildman–Crippen MR) is 138 cm³/mol. The number of hydrogen-bond acceptors (Lipinski definition) is 5. The van der Waals surface area contributed by atoms with Crippen molar-refractivity contribution in [3.05, 3.63) is 82.5 Å². The molecule has 0 saturated carbocycles. The second-order valence-corrected chi connectivity index (χ2v) is 9.66. The lowest BCUT2D eigenvalue weighted by atomic mass is 10.1. The maximum Gasteiger partial charge on any atom is 0.227 e.